The number of likely N-dealkylation sites (tertiary alicyclic amines) is 1. The summed E-state index contributed by atoms with van der Waals surface area (Å²) in [6.45, 7) is 3.67. The molecule has 0 aromatic heterocycles. The fraction of sp³-hybridized carbons (Fsp3) is 0.345. The Hall–Kier alpha value is -3.72. The molecule has 1 aliphatic heterocycles. The van der Waals surface area contributed by atoms with E-state index < -0.39 is 17.8 Å². The van der Waals surface area contributed by atoms with Gasteiger partial charge in [0, 0.05) is 25.3 Å². The van der Waals surface area contributed by atoms with Crippen LogP contribution in [0.25, 0.3) is 0 Å². The van der Waals surface area contributed by atoms with Crippen molar-refractivity contribution in [1.82, 2.24) is 9.80 Å². The van der Waals surface area contributed by atoms with Gasteiger partial charge in [-0.2, -0.15) is 13.2 Å². The lowest BCUT2D eigenvalue weighted by molar-refractivity contribution is -0.137. The number of benzene rings is 3. The maximum atomic E-state index is 13.3. The molecule has 1 fully saturated rings. The maximum Gasteiger partial charge on any atom is 0.416 e. The van der Waals surface area contributed by atoms with Crippen molar-refractivity contribution < 1.29 is 27.4 Å². The number of urea groups is 1. The van der Waals surface area contributed by atoms with Gasteiger partial charge in [0.1, 0.15) is 6.61 Å². The minimum absolute atomic E-state index is 0.0950. The molecule has 202 valence electrons. The first-order chi connectivity index (χ1) is 18.3. The predicted octanol–water partition coefficient (Wildman–Crippen LogP) is 6.42. The highest BCUT2D eigenvalue weighted by Gasteiger charge is 2.30. The number of halogens is 3. The lowest BCUT2D eigenvalue weighted by atomic mass is 10.1. The highest BCUT2D eigenvalue weighted by atomic mass is 19.4. The van der Waals surface area contributed by atoms with Gasteiger partial charge in [0.2, 0.25) is 0 Å². The molecule has 3 aromatic carbocycles. The van der Waals surface area contributed by atoms with Crippen molar-refractivity contribution in [3.8, 4) is 11.5 Å². The van der Waals surface area contributed by atoms with E-state index in [2.05, 4.69) is 10.2 Å². The highest BCUT2D eigenvalue weighted by Crippen LogP contribution is 2.31. The monoisotopic (exact) mass is 527 g/mol. The van der Waals surface area contributed by atoms with Crippen LogP contribution < -0.4 is 14.8 Å². The molecule has 38 heavy (non-hydrogen) atoms. The molecule has 2 amide bonds. The number of carbonyl (C=O) groups excluding carboxylic acids is 1. The van der Waals surface area contributed by atoms with Gasteiger partial charge >= 0.3 is 12.2 Å². The van der Waals surface area contributed by atoms with Crippen molar-refractivity contribution in [1.29, 1.82) is 0 Å². The minimum atomic E-state index is -4.49. The summed E-state index contributed by atoms with van der Waals surface area (Å²) in [7, 11) is 1.56. The highest BCUT2D eigenvalue weighted by molar-refractivity contribution is 5.89. The molecule has 0 radical (unpaired) electrons. The van der Waals surface area contributed by atoms with E-state index in [-0.39, 0.29) is 12.2 Å². The molecule has 0 atom stereocenters. The van der Waals surface area contributed by atoms with Crippen molar-refractivity contribution in [3.63, 3.8) is 0 Å². The average Bonchev–Trinajstić information content (AvgIpc) is 3.44. The van der Waals surface area contributed by atoms with Gasteiger partial charge in [-0.3, -0.25) is 0 Å². The number of nitrogens with zero attached hydrogens (tertiary/aromatic N) is 2. The molecular weight excluding hydrogens is 495 g/mol. The van der Waals surface area contributed by atoms with E-state index in [1.807, 2.05) is 42.5 Å². The third-order valence-electron chi connectivity index (χ3n) is 6.45. The van der Waals surface area contributed by atoms with Gasteiger partial charge in [-0.05, 0) is 67.4 Å². The second kappa shape index (κ2) is 12.7. The largest absolute Gasteiger partial charge is 0.493 e. The number of alkyl halides is 3. The van der Waals surface area contributed by atoms with Crippen LogP contribution in [0, 0.1) is 0 Å². The van der Waals surface area contributed by atoms with E-state index in [0.717, 1.165) is 49.2 Å². The van der Waals surface area contributed by atoms with Crippen LogP contribution in [0.4, 0.5) is 23.7 Å². The van der Waals surface area contributed by atoms with Crippen LogP contribution in [-0.4, -0.2) is 49.1 Å². The number of carbonyl (C=O) groups is 1. The lowest BCUT2D eigenvalue weighted by Crippen LogP contribution is -2.40. The Bertz CT molecular complexity index is 1200. The Kier molecular flexibility index (Phi) is 9.12. The predicted molar refractivity (Wildman–Crippen MR) is 140 cm³/mol. The molecule has 6 nitrogen and oxygen atoms in total. The summed E-state index contributed by atoms with van der Waals surface area (Å²) in [5.41, 5.74) is 1.11. The number of amides is 2. The van der Waals surface area contributed by atoms with E-state index in [0.29, 0.717) is 31.2 Å². The maximum absolute atomic E-state index is 13.3. The Morgan fingerprint density at radius 3 is 2.42 bits per heavy atom. The molecule has 0 unspecified atom stereocenters. The molecule has 1 heterocycles. The number of hydrogen-bond acceptors (Lipinski definition) is 4. The van der Waals surface area contributed by atoms with Gasteiger partial charge < -0.3 is 24.6 Å². The topological polar surface area (TPSA) is 54.0 Å². The zero-order valence-corrected chi connectivity index (χ0v) is 21.3. The zero-order valence-electron chi connectivity index (χ0n) is 21.3. The van der Waals surface area contributed by atoms with Crippen molar-refractivity contribution in [2.24, 2.45) is 0 Å². The average molecular weight is 528 g/mol. The molecule has 1 aliphatic rings. The number of hydrogen-bond donors (Lipinski definition) is 1. The molecule has 4 rings (SSSR count). The second-order valence-electron chi connectivity index (χ2n) is 9.24. The molecule has 9 heteroatoms. The fourth-order valence-corrected chi connectivity index (χ4v) is 4.38. The molecule has 1 saturated heterocycles. The van der Waals surface area contributed by atoms with Crippen LogP contribution in [0.15, 0.2) is 72.8 Å². The number of nitrogens with one attached hydrogen (secondary N) is 1. The molecule has 0 bridgehead atoms. The zero-order chi connectivity index (χ0) is 27.0. The van der Waals surface area contributed by atoms with Gasteiger partial charge in [-0.1, -0.05) is 42.5 Å². The molecule has 1 N–H and O–H groups in total. The van der Waals surface area contributed by atoms with Crippen LogP contribution in [0.3, 0.4) is 0 Å². The van der Waals surface area contributed by atoms with Gasteiger partial charge in [0.05, 0.1) is 12.7 Å². The molecule has 0 saturated carbocycles. The smallest absolute Gasteiger partial charge is 0.416 e. The lowest BCUT2D eigenvalue weighted by Gasteiger charge is -2.26. The number of anilines is 1. The van der Waals surface area contributed by atoms with Crippen LogP contribution >= 0.6 is 0 Å². The summed E-state index contributed by atoms with van der Waals surface area (Å²) in [5.74, 6) is 1.12. The Morgan fingerprint density at radius 2 is 1.71 bits per heavy atom. The van der Waals surface area contributed by atoms with Crippen LogP contribution in [0.2, 0.25) is 0 Å². The minimum Gasteiger partial charge on any atom is -0.493 e. The van der Waals surface area contributed by atoms with Crippen molar-refractivity contribution in [3.05, 3.63) is 89.5 Å². The standard InChI is InChI=1S/C29H32F3N3O3/c1-37-26-13-12-23(18-27(26)38-21-22-8-3-2-4-9-22)20-35(17-16-34-14-5-6-15-34)28(36)33-25-11-7-10-24(19-25)29(30,31)32/h2-4,7-13,18-19H,5-6,14-17,20-21H2,1H3,(H,33,36). The van der Waals surface area contributed by atoms with Crippen molar-refractivity contribution in [2.45, 2.75) is 32.2 Å². The summed E-state index contributed by atoms with van der Waals surface area (Å²) in [6, 6.07) is 19.4. The van der Waals surface area contributed by atoms with Crippen molar-refractivity contribution >= 4 is 11.7 Å². The molecule has 3 aromatic rings. The third-order valence-corrected chi connectivity index (χ3v) is 6.45. The SMILES string of the molecule is COc1ccc(CN(CCN2CCCC2)C(=O)Nc2cccc(C(F)(F)F)c2)cc1OCc1ccccc1. The number of methoxy groups -OCH3 is 1. The quantitative estimate of drug-likeness (QED) is 0.331. The van der Waals surface area contributed by atoms with Crippen LogP contribution in [-0.2, 0) is 19.3 Å². The molecule has 0 aliphatic carbocycles. The van der Waals surface area contributed by atoms with Gasteiger partial charge in [0.15, 0.2) is 11.5 Å². The fourth-order valence-electron chi connectivity index (χ4n) is 4.38. The number of rotatable bonds is 10. The third kappa shape index (κ3) is 7.64. The first kappa shape index (κ1) is 27.3. The van der Waals surface area contributed by atoms with E-state index in [1.54, 1.807) is 18.1 Å². The first-order valence-corrected chi connectivity index (χ1v) is 12.6. The normalized spacial score (nSPS) is 13.8. The van der Waals surface area contributed by atoms with Gasteiger partial charge in [0.25, 0.3) is 0 Å². The summed E-state index contributed by atoms with van der Waals surface area (Å²) in [6.07, 6.45) is -2.25. The summed E-state index contributed by atoms with van der Waals surface area (Å²) >= 11 is 0. The Labute approximate surface area is 221 Å². The Morgan fingerprint density at radius 1 is 0.947 bits per heavy atom. The van der Waals surface area contributed by atoms with Crippen LogP contribution in [0.5, 0.6) is 11.5 Å². The summed E-state index contributed by atoms with van der Waals surface area (Å²) in [4.78, 5) is 17.2. The van der Waals surface area contributed by atoms with E-state index >= 15 is 0 Å². The van der Waals surface area contributed by atoms with Crippen LogP contribution in [0.1, 0.15) is 29.5 Å². The second-order valence-corrected chi connectivity index (χ2v) is 9.24. The molecular formula is C29H32F3N3O3. The number of ether oxygens (including phenoxy) is 2. The van der Waals surface area contributed by atoms with E-state index in [4.69, 9.17) is 9.47 Å². The molecule has 0 spiro atoms. The van der Waals surface area contributed by atoms with Gasteiger partial charge in [-0.25, -0.2) is 4.79 Å². The Balaban J connectivity index is 1.50. The van der Waals surface area contributed by atoms with Crippen molar-refractivity contribution in [2.75, 3.05) is 38.6 Å². The summed E-state index contributed by atoms with van der Waals surface area (Å²) in [5, 5.41) is 2.65. The van der Waals surface area contributed by atoms with E-state index in [9.17, 15) is 18.0 Å². The first-order valence-electron chi connectivity index (χ1n) is 12.6. The van der Waals surface area contributed by atoms with E-state index in [1.165, 1.54) is 12.1 Å². The summed E-state index contributed by atoms with van der Waals surface area (Å²) < 4.78 is 51.0. The van der Waals surface area contributed by atoms with Gasteiger partial charge in [-0.15, -0.1) is 0 Å².